The highest BCUT2D eigenvalue weighted by molar-refractivity contribution is 5.63. The molecule has 0 amide bonds. The van der Waals surface area contributed by atoms with Gasteiger partial charge in [-0.05, 0) is 48.1 Å². The molecule has 4 heterocycles. The van der Waals surface area contributed by atoms with Crippen molar-refractivity contribution in [3.05, 3.63) is 88.1 Å². The van der Waals surface area contributed by atoms with Crippen LogP contribution in [0.25, 0.3) is 11.1 Å². The molecule has 28 heavy (non-hydrogen) atoms. The predicted octanol–water partition coefficient (Wildman–Crippen LogP) is 3.84. The number of hydrogen-bond donors (Lipinski definition) is 0. The lowest BCUT2D eigenvalue weighted by Crippen LogP contribution is -2.46. The molecular formula is C24H25N3O. The van der Waals surface area contributed by atoms with Crippen LogP contribution in [0.3, 0.4) is 0 Å². The van der Waals surface area contributed by atoms with Crippen molar-refractivity contribution in [2.75, 3.05) is 13.1 Å². The van der Waals surface area contributed by atoms with Gasteiger partial charge in [-0.2, -0.15) is 0 Å². The van der Waals surface area contributed by atoms with Gasteiger partial charge < -0.3 is 4.57 Å². The maximum absolute atomic E-state index is 12.8. The molecule has 0 aliphatic carbocycles. The second-order valence-corrected chi connectivity index (χ2v) is 8.24. The number of piperidine rings is 1. The fourth-order valence-corrected chi connectivity index (χ4v) is 4.88. The predicted molar refractivity (Wildman–Crippen MR) is 111 cm³/mol. The summed E-state index contributed by atoms with van der Waals surface area (Å²) in [6, 6.07) is 18.4. The highest BCUT2D eigenvalue weighted by Crippen LogP contribution is 2.37. The Bertz CT molecular complexity index is 1060. The van der Waals surface area contributed by atoms with Crippen LogP contribution < -0.4 is 5.56 Å². The Morgan fingerprint density at radius 2 is 1.86 bits per heavy atom. The van der Waals surface area contributed by atoms with Gasteiger partial charge in [0.1, 0.15) is 0 Å². The summed E-state index contributed by atoms with van der Waals surface area (Å²) in [5.41, 5.74) is 5.90. The van der Waals surface area contributed by atoms with Crippen molar-refractivity contribution in [1.29, 1.82) is 0 Å². The first kappa shape index (κ1) is 17.4. The Balaban J connectivity index is 1.46. The number of aryl methyl sites for hydroxylation is 1. The second kappa shape index (κ2) is 7.02. The summed E-state index contributed by atoms with van der Waals surface area (Å²) in [4.78, 5) is 20.0. The van der Waals surface area contributed by atoms with Crippen molar-refractivity contribution in [1.82, 2.24) is 14.5 Å². The van der Waals surface area contributed by atoms with Crippen LogP contribution in [0.2, 0.25) is 0 Å². The van der Waals surface area contributed by atoms with E-state index in [4.69, 9.17) is 0 Å². The summed E-state index contributed by atoms with van der Waals surface area (Å²) in [5, 5.41) is 0. The van der Waals surface area contributed by atoms with Gasteiger partial charge in [0.25, 0.3) is 5.56 Å². The lowest BCUT2D eigenvalue weighted by atomic mass is 9.82. The summed E-state index contributed by atoms with van der Waals surface area (Å²) in [6.45, 7) is 5.89. The molecule has 2 atom stereocenters. The summed E-state index contributed by atoms with van der Waals surface area (Å²) < 4.78 is 2.02. The van der Waals surface area contributed by atoms with E-state index in [9.17, 15) is 4.79 Å². The van der Waals surface area contributed by atoms with E-state index in [1.54, 1.807) is 6.07 Å². The Morgan fingerprint density at radius 1 is 1.00 bits per heavy atom. The summed E-state index contributed by atoms with van der Waals surface area (Å²) in [7, 11) is 0. The average molecular weight is 371 g/mol. The molecule has 0 radical (unpaired) electrons. The summed E-state index contributed by atoms with van der Waals surface area (Å²) in [6.07, 6.45) is 3.06. The van der Waals surface area contributed by atoms with Crippen molar-refractivity contribution in [3.8, 4) is 11.1 Å². The first-order valence-electron chi connectivity index (χ1n) is 10.1. The second-order valence-electron chi connectivity index (χ2n) is 8.24. The van der Waals surface area contributed by atoms with Crippen LogP contribution in [0, 0.1) is 12.8 Å². The molecule has 0 saturated carbocycles. The van der Waals surface area contributed by atoms with Crippen molar-refractivity contribution < 1.29 is 0 Å². The van der Waals surface area contributed by atoms with Gasteiger partial charge in [0, 0.05) is 50.1 Å². The molecule has 0 N–H and O–H groups in total. The van der Waals surface area contributed by atoms with E-state index in [2.05, 4.69) is 41.1 Å². The molecule has 0 unspecified atom stereocenters. The zero-order valence-electron chi connectivity index (χ0n) is 16.2. The largest absolute Gasteiger partial charge is 0.312 e. The van der Waals surface area contributed by atoms with E-state index in [0.717, 1.165) is 43.0 Å². The molecular weight excluding hydrogens is 346 g/mol. The van der Waals surface area contributed by atoms with Gasteiger partial charge in [-0.1, -0.05) is 36.4 Å². The number of likely N-dealkylation sites (tertiary alicyclic amines) is 1. The van der Waals surface area contributed by atoms with Crippen LogP contribution in [0.5, 0.6) is 0 Å². The van der Waals surface area contributed by atoms with E-state index >= 15 is 0 Å². The van der Waals surface area contributed by atoms with E-state index < -0.39 is 0 Å². The number of aromatic nitrogens is 2. The van der Waals surface area contributed by atoms with Crippen molar-refractivity contribution in [2.24, 2.45) is 5.92 Å². The highest BCUT2D eigenvalue weighted by atomic mass is 16.1. The van der Waals surface area contributed by atoms with Gasteiger partial charge in [-0.15, -0.1) is 0 Å². The molecule has 0 spiro atoms. The lowest BCUT2D eigenvalue weighted by molar-refractivity contribution is 0.113. The molecule has 1 saturated heterocycles. The van der Waals surface area contributed by atoms with E-state index in [-0.39, 0.29) is 5.56 Å². The summed E-state index contributed by atoms with van der Waals surface area (Å²) in [5.74, 6) is 0.948. The third-order valence-electron chi connectivity index (χ3n) is 6.23. The fraction of sp³-hybridized carbons (Fsp3) is 0.333. The first-order chi connectivity index (χ1) is 13.7. The molecule has 2 aromatic heterocycles. The van der Waals surface area contributed by atoms with Crippen molar-refractivity contribution in [3.63, 3.8) is 0 Å². The third kappa shape index (κ3) is 3.18. The van der Waals surface area contributed by atoms with Crippen LogP contribution in [-0.2, 0) is 13.1 Å². The third-order valence-corrected chi connectivity index (χ3v) is 6.23. The zero-order chi connectivity index (χ0) is 19.1. The molecule has 5 rings (SSSR count). The standard InChI is InChI=1S/C24H25N3O/c1-17-6-5-9-25-22(17)16-26-13-18-10-21(15-26)23-11-20(12-24(28)27(23)14-18)19-7-3-2-4-8-19/h2-9,11-12,18,21H,10,13-16H2,1H3/t18-,21+/m0/s1. The minimum atomic E-state index is 0.139. The SMILES string of the molecule is Cc1cccnc1CN1C[C@@H]2C[C@H](C1)c1cc(-c3ccccc3)cc(=O)n1C2. The first-order valence-corrected chi connectivity index (χ1v) is 10.1. The van der Waals surface area contributed by atoms with E-state index in [0.29, 0.717) is 11.8 Å². The minimum absolute atomic E-state index is 0.139. The average Bonchev–Trinajstić information content (AvgIpc) is 2.71. The van der Waals surface area contributed by atoms with Gasteiger partial charge in [-0.3, -0.25) is 14.7 Å². The highest BCUT2D eigenvalue weighted by Gasteiger charge is 2.35. The van der Waals surface area contributed by atoms with Gasteiger partial charge >= 0.3 is 0 Å². The van der Waals surface area contributed by atoms with Crippen molar-refractivity contribution in [2.45, 2.75) is 32.4 Å². The fourth-order valence-electron chi connectivity index (χ4n) is 4.88. The normalized spacial score (nSPS) is 21.3. The van der Waals surface area contributed by atoms with E-state index in [1.807, 2.05) is 35.0 Å². The van der Waals surface area contributed by atoms with Gasteiger partial charge in [0.05, 0.1) is 5.69 Å². The van der Waals surface area contributed by atoms with Crippen LogP contribution >= 0.6 is 0 Å². The Kier molecular flexibility index (Phi) is 4.36. The quantitative estimate of drug-likeness (QED) is 0.702. The zero-order valence-corrected chi connectivity index (χ0v) is 16.2. The van der Waals surface area contributed by atoms with Crippen LogP contribution in [0.1, 0.15) is 29.3 Å². The Hall–Kier alpha value is -2.72. The molecule has 3 aromatic rings. The Labute approximate surface area is 165 Å². The smallest absolute Gasteiger partial charge is 0.251 e. The van der Waals surface area contributed by atoms with Gasteiger partial charge in [0.15, 0.2) is 0 Å². The van der Waals surface area contributed by atoms with Gasteiger partial charge in [-0.25, -0.2) is 0 Å². The molecule has 4 nitrogen and oxygen atoms in total. The monoisotopic (exact) mass is 371 g/mol. The number of nitrogens with zero attached hydrogens (tertiary/aromatic N) is 3. The number of benzene rings is 1. The molecule has 1 fully saturated rings. The van der Waals surface area contributed by atoms with Crippen molar-refractivity contribution >= 4 is 0 Å². The van der Waals surface area contributed by atoms with Crippen LogP contribution in [-0.4, -0.2) is 27.5 Å². The Morgan fingerprint density at radius 3 is 2.68 bits per heavy atom. The molecule has 4 heteroatoms. The topological polar surface area (TPSA) is 38.1 Å². The molecule has 2 aliphatic rings. The molecule has 1 aromatic carbocycles. The number of hydrogen-bond acceptors (Lipinski definition) is 3. The van der Waals surface area contributed by atoms with Crippen LogP contribution in [0.4, 0.5) is 0 Å². The molecule has 142 valence electrons. The lowest BCUT2D eigenvalue weighted by Gasteiger charge is -2.43. The minimum Gasteiger partial charge on any atom is -0.312 e. The maximum Gasteiger partial charge on any atom is 0.251 e. The van der Waals surface area contributed by atoms with Gasteiger partial charge in [0.2, 0.25) is 0 Å². The number of pyridine rings is 2. The van der Waals surface area contributed by atoms with Crippen LogP contribution in [0.15, 0.2) is 65.6 Å². The maximum atomic E-state index is 12.8. The number of fused-ring (bicyclic) bond motifs is 4. The summed E-state index contributed by atoms with van der Waals surface area (Å²) >= 11 is 0. The van der Waals surface area contributed by atoms with E-state index in [1.165, 1.54) is 17.7 Å². The molecule has 2 bridgehead atoms. The number of rotatable bonds is 3. The molecule has 2 aliphatic heterocycles.